The Hall–Kier alpha value is -3.36. The summed E-state index contributed by atoms with van der Waals surface area (Å²) in [6.07, 6.45) is -2.70. The van der Waals surface area contributed by atoms with E-state index in [0.717, 1.165) is 0 Å². The lowest BCUT2D eigenvalue weighted by Gasteiger charge is -2.26. The molecule has 44 heavy (non-hydrogen) atoms. The van der Waals surface area contributed by atoms with Crippen LogP contribution in [0.1, 0.15) is 25.8 Å². The third-order valence-corrected chi connectivity index (χ3v) is 9.53. The third-order valence-electron chi connectivity index (χ3n) is 7.53. The lowest BCUT2D eigenvalue weighted by Crippen LogP contribution is -2.32. The second kappa shape index (κ2) is 10.6. The molecule has 3 saturated heterocycles. The Bertz CT molecular complexity index is 1900. The van der Waals surface area contributed by atoms with Crippen molar-refractivity contribution in [1.82, 2.24) is 39.0 Å². The zero-order valence-corrected chi connectivity index (χ0v) is 24.4. The van der Waals surface area contributed by atoms with Gasteiger partial charge in [0.1, 0.15) is 36.4 Å². The molecule has 0 aliphatic carbocycles. The van der Waals surface area contributed by atoms with Gasteiger partial charge in [0.2, 0.25) is 5.95 Å². The van der Waals surface area contributed by atoms with Crippen molar-refractivity contribution in [3.8, 4) is 0 Å². The highest BCUT2D eigenvalue weighted by atomic mass is 31.2. The number of imidazole rings is 2. The van der Waals surface area contributed by atoms with Crippen molar-refractivity contribution < 1.29 is 46.5 Å². The predicted molar refractivity (Wildman–Crippen MR) is 145 cm³/mol. The second-order valence-electron chi connectivity index (χ2n) is 10.4. The van der Waals surface area contributed by atoms with Crippen molar-refractivity contribution in [2.45, 2.75) is 50.2 Å². The molecule has 3 aliphatic rings. The minimum atomic E-state index is -4.83. The van der Waals surface area contributed by atoms with Gasteiger partial charge in [-0.05, 0) is 0 Å². The number of nitrogens with zero attached hydrogens (tertiary/aromatic N) is 7. The number of anilines is 2. The molecule has 0 saturated carbocycles. The van der Waals surface area contributed by atoms with Gasteiger partial charge in [-0.25, -0.2) is 29.1 Å². The summed E-state index contributed by atoms with van der Waals surface area (Å²) in [6.45, 7) is 0.615. The van der Waals surface area contributed by atoms with Gasteiger partial charge in [-0.2, -0.15) is 4.98 Å². The van der Waals surface area contributed by atoms with Crippen LogP contribution in [-0.4, -0.2) is 86.5 Å². The number of phosphoric acid groups is 2. The van der Waals surface area contributed by atoms with Gasteiger partial charge in [0.05, 0.1) is 32.0 Å². The van der Waals surface area contributed by atoms with Crippen LogP contribution >= 0.6 is 15.6 Å². The number of ether oxygens (including phenoxy) is 2. The van der Waals surface area contributed by atoms with Crippen LogP contribution < -0.4 is 17.0 Å². The number of fused-ring (bicyclic) bond motifs is 5. The van der Waals surface area contributed by atoms with E-state index in [9.17, 15) is 23.7 Å². The topological polar surface area (TPSA) is 289 Å². The van der Waals surface area contributed by atoms with Gasteiger partial charge in [0.15, 0.2) is 28.9 Å². The molecule has 0 radical (unpaired) electrons. The van der Waals surface area contributed by atoms with Crippen molar-refractivity contribution in [3.05, 3.63) is 29.3 Å². The van der Waals surface area contributed by atoms with Crippen molar-refractivity contribution in [3.63, 3.8) is 0 Å². The molecule has 3 fully saturated rings. The first-order valence-electron chi connectivity index (χ1n) is 13.2. The molecule has 4 aromatic rings. The van der Waals surface area contributed by atoms with E-state index in [0.29, 0.717) is 11.2 Å². The largest absolute Gasteiger partial charge is 0.472 e. The fourth-order valence-electron chi connectivity index (χ4n) is 5.58. The van der Waals surface area contributed by atoms with Gasteiger partial charge < -0.3 is 30.7 Å². The number of aromatic amines is 1. The van der Waals surface area contributed by atoms with Crippen LogP contribution in [0.5, 0.6) is 0 Å². The highest BCUT2D eigenvalue weighted by Crippen LogP contribution is 2.54. The van der Waals surface area contributed by atoms with Crippen LogP contribution in [0.15, 0.2) is 23.8 Å². The fourth-order valence-corrected chi connectivity index (χ4v) is 7.56. The summed E-state index contributed by atoms with van der Waals surface area (Å²) in [7, 11) is -9.60. The molecule has 2 unspecified atom stereocenters. The number of hydrogen-bond acceptors (Lipinski definition) is 16. The van der Waals surface area contributed by atoms with Crippen LogP contribution in [0, 0.1) is 5.92 Å². The van der Waals surface area contributed by atoms with Crippen molar-refractivity contribution in [2.75, 3.05) is 24.7 Å². The number of nitrogens with two attached hydrogens (primary N) is 2. The molecule has 236 valence electrons. The fraction of sp³-hybridized carbons (Fsp3) is 0.524. The molecule has 7 N–H and O–H groups in total. The Balaban J connectivity index is 1.19. The van der Waals surface area contributed by atoms with Crippen LogP contribution in [0.2, 0.25) is 0 Å². The van der Waals surface area contributed by atoms with E-state index in [1.165, 1.54) is 28.1 Å². The molecule has 0 spiro atoms. The molecule has 4 aromatic heterocycles. The maximum absolute atomic E-state index is 13.2. The lowest BCUT2D eigenvalue weighted by atomic mass is 10.0. The molecule has 9 atom stereocenters. The maximum atomic E-state index is 13.2. The zero-order chi connectivity index (χ0) is 31.0. The number of phosphoric ester groups is 2. The Morgan fingerprint density at radius 2 is 1.61 bits per heavy atom. The zero-order valence-electron chi connectivity index (χ0n) is 22.6. The van der Waals surface area contributed by atoms with E-state index in [1.54, 1.807) is 6.92 Å². The predicted octanol–water partition coefficient (Wildman–Crippen LogP) is -0.0371. The number of rotatable bonds is 2. The minimum Gasteiger partial charge on any atom is -0.382 e. The van der Waals surface area contributed by atoms with Gasteiger partial charge in [-0.1, -0.05) is 6.92 Å². The first-order valence-corrected chi connectivity index (χ1v) is 16.2. The summed E-state index contributed by atoms with van der Waals surface area (Å²) < 4.78 is 63.0. The van der Waals surface area contributed by atoms with Crippen molar-refractivity contribution in [2.24, 2.45) is 5.92 Å². The van der Waals surface area contributed by atoms with Gasteiger partial charge in [-0.15, -0.1) is 0 Å². The van der Waals surface area contributed by atoms with Crippen LogP contribution in [0.25, 0.3) is 22.3 Å². The summed E-state index contributed by atoms with van der Waals surface area (Å²) in [5.74, 6) is -0.715. The van der Waals surface area contributed by atoms with Gasteiger partial charge >= 0.3 is 15.6 Å². The molecule has 0 amide bonds. The maximum Gasteiger partial charge on any atom is 0.472 e. The summed E-state index contributed by atoms with van der Waals surface area (Å²) in [6, 6.07) is 0. The molecule has 7 rings (SSSR count). The molecule has 3 aliphatic heterocycles. The van der Waals surface area contributed by atoms with Gasteiger partial charge in [0.25, 0.3) is 5.56 Å². The van der Waals surface area contributed by atoms with Gasteiger partial charge in [0, 0.05) is 12.3 Å². The number of nitrogen functional groups attached to an aromatic ring is 2. The van der Waals surface area contributed by atoms with E-state index in [1.807, 2.05) is 0 Å². The average Bonchev–Trinajstić information content (AvgIpc) is 3.72. The quantitative estimate of drug-likeness (QED) is 0.177. The molecule has 2 bridgehead atoms. The molecule has 0 aromatic carbocycles. The summed E-state index contributed by atoms with van der Waals surface area (Å²) in [5, 5.41) is 0. The van der Waals surface area contributed by atoms with Crippen LogP contribution in [-0.2, 0) is 36.7 Å². The molecule has 7 heterocycles. The molecule has 23 heteroatoms. The molecule has 21 nitrogen and oxygen atoms in total. The van der Waals surface area contributed by atoms with Crippen LogP contribution in [0.3, 0.4) is 0 Å². The number of nitrogens with one attached hydrogen (secondary N) is 1. The lowest BCUT2D eigenvalue weighted by molar-refractivity contribution is -0.0668. The summed E-state index contributed by atoms with van der Waals surface area (Å²) >= 11 is 0. The molecular weight excluding hydrogens is 630 g/mol. The Labute approximate surface area is 245 Å². The van der Waals surface area contributed by atoms with E-state index in [4.69, 9.17) is 39.0 Å². The van der Waals surface area contributed by atoms with E-state index >= 15 is 0 Å². The Morgan fingerprint density at radius 1 is 0.909 bits per heavy atom. The highest BCUT2D eigenvalue weighted by Gasteiger charge is 2.50. The van der Waals surface area contributed by atoms with E-state index in [-0.39, 0.29) is 29.4 Å². The Kier molecular flexibility index (Phi) is 7.09. The van der Waals surface area contributed by atoms with E-state index in [2.05, 4.69) is 29.9 Å². The van der Waals surface area contributed by atoms with Crippen molar-refractivity contribution >= 4 is 49.7 Å². The van der Waals surface area contributed by atoms with Crippen molar-refractivity contribution in [1.29, 1.82) is 0 Å². The molecular formula is C21H26N10O11P2. The normalized spacial score (nSPS) is 36.6. The number of aromatic nitrogens is 8. The number of H-pyrrole nitrogens is 1. The first-order chi connectivity index (χ1) is 20.9. The van der Waals surface area contributed by atoms with Crippen LogP contribution in [0.4, 0.5) is 11.8 Å². The highest BCUT2D eigenvalue weighted by molar-refractivity contribution is 7.47. The van der Waals surface area contributed by atoms with E-state index < -0.39 is 77.2 Å². The first kappa shape index (κ1) is 29.4. The summed E-state index contributed by atoms with van der Waals surface area (Å²) in [4.78, 5) is 56.5. The average molecular weight is 656 g/mol. The standard InChI is InChI=1S/C21H26N10O11P2/c1-8-14-11(40-19(8)30-6-26-12-15(22)24-5-25-16(12)30)4-38-43(33,34)41-10-2-9(3-37-44(35,36)42-14)39-20(10)31-7-27-13-17(31)28-21(23)29-18(13)32/h5-11,14,19-20H,2-4H2,1H3,(H,33,34)(H,35,36)(H2,22,24,25)(H3,23,28,29,32)/t8-,9-,10+,11+,14-,19+,20+/m0/s1. The SMILES string of the molecule is C[C@H]1[C@@H]2OP(=O)(O)OC[C@@H]3C[C@@H](OP(=O)(O)OC[C@H]2O[C@H]1n1cnc2c(N)ncnc21)[C@H](n1cnc2c(=O)[nH]c(N)nc21)O3. The Morgan fingerprint density at radius 3 is 2.41 bits per heavy atom. The second-order valence-corrected chi connectivity index (χ2v) is 13.2. The third kappa shape index (κ3) is 5.20. The monoisotopic (exact) mass is 656 g/mol. The minimum absolute atomic E-state index is 0.0127. The number of hydrogen-bond donors (Lipinski definition) is 5. The van der Waals surface area contributed by atoms with Gasteiger partial charge in [-0.3, -0.25) is 37.0 Å². The smallest absolute Gasteiger partial charge is 0.382 e. The summed E-state index contributed by atoms with van der Waals surface area (Å²) in [5.41, 5.74) is 11.6.